The number of fused-ring (bicyclic) bond motifs is 9. The Hall–Kier alpha value is -3.30. The molecule has 1 aromatic heterocycles. The highest BCUT2D eigenvalue weighted by Crippen LogP contribution is 2.45. The summed E-state index contributed by atoms with van der Waals surface area (Å²) in [5.41, 5.74) is 1.66. The molecule has 4 bridgehead atoms. The monoisotopic (exact) mass is 540 g/mol. The SMILES string of the molecule is COc1cc2cc(OC)c1OCCn1cc(nn1)CCCOC(=O)[C@@H]1CCCCN1C(=O)[C@H]2C1CCCCC1. The van der Waals surface area contributed by atoms with Crippen LogP contribution in [-0.4, -0.2) is 71.8 Å². The number of hydrogen-bond acceptors (Lipinski definition) is 8. The number of amides is 1. The fourth-order valence-corrected chi connectivity index (χ4v) is 6.25. The first-order chi connectivity index (χ1) is 19.1. The topological polar surface area (TPSA) is 105 Å². The molecule has 2 atom stereocenters. The third-order valence-electron chi connectivity index (χ3n) is 8.26. The summed E-state index contributed by atoms with van der Waals surface area (Å²) in [6.45, 7) is 1.68. The van der Waals surface area contributed by atoms with Crippen LogP contribution in [0.1, 0.15) is 75.0 Å². The first-order valence-corrected chi connectivity index (χ1v) is 14.3. The molecule has 4 heterocycles. The maximum Gasteiger partial charge on any atom is 0.328 e. The number of nitrogens with zero attached hydrogens (tertiary/aromatic N) is 4. The van der Waals surface area contributed by atoms with Gasteiger partial charge in [0.15, 0.2) is 11.5 Å². The van der Waals surface area contributed by atoms with Crippen LogP contribution in [0.15, 0.2) is 18.3 Å². The molecular formula is C29H40N4O6. The van der Waals surface area contributed by atoms with Crippen molar-refractivity contribution in [1.82, 2.24) is 19.9 Å². The summed E-state index contributed by atoms with van der Waals surface area (Å²) in [6.07, 6.45) is 10.9. The number of benzene rings is 1. The van der Waals surface area contributed by atoms with Crippen LogP contribution in [0.3, 0.4) is 0 Å². The molecule has 1 aromatic carbocycles. The Kier molecular flexibility index (Phi) is 8.88. The van der Waals surface area contributed by atoms with Crippen molar-refractivity contribution in [3.8, 4) is 17.2 Å². The van der Waals surface area contributed by atoms with Crippen LogP contribution < -0.4 is 14.2 Å². The number of ether oxygens (including phenoxy) is 4. The van der Waals surface area contributed by atoms with Crippen molar-refractivity contribution in [1.29, 1.82) is 0 Å². The number of carbonyl (C=O) groups excluding carboxylic acids is 2. The van der Waals surface area contributed by atoms with Gasteiger partial charge >= 0.3 is 5.97 Å². The third-order valence-corrected chi connectivity index (χ3v) is 8.26. The van der Waals surface area contributed by atoms with Gasteiger partial charge in [0, 0.05) is 12.7 Å². The van der Waals surface area contributed by atoms with Crippen LogP contribution in [0, 0.1) is 5.92 Å². The zero-order chi connectivity index (χ0) is 27.2. The normalized spacial score (nSPS) is 23.6. The van der Waals surface area contributed by atoms with E-state index in [1.54, 1.807) is 23.8 Å². The predicted octanol–water partition coefficient (Wildman–Crippen LogP) is 3.91. The Balaban J connectivity index is 1.55. The van der Waals surface area contributed by atoms with Crippen LogP contribution in [0.4, 0.5) is 0 Å². The van der Waals surface area contributed by atoms with Gasteiger partial charge in [0.05, 0.1) is 39.0 Å². The van der Waals surface area contributed by atoms with Gasteiger partial charge in [-0.2, -0.15) is 0 Å². The second-order valence-corrected chi connectivity index (χ2v) is 10.8. The number of hydrogen-bond donors (Lipinski definition) is 0. The molecular weight excluding hydrogens is 500 g/mol. The zero-order valence-corrected chi connectivity index (χ0v) is 23.1. The van der Waals surface area contributed by atoms with Gasteiger partial charge < -0.3 is 23.8 Å². The number of carbonyl (C=O) groups is 2. The highest BCUT2D eigenvalue weighted by Gasteiger charge is 2.40. The van der Waals surface area contributed by atoms with Crippen LogP contribution in [0.2, 0.25) is 0 Å². The Morgan fingerprint density at radius 2 is 1.62 bits per heavy atom. The summed E-state index contributed by atoms with van der Waals surface area (Å²) in [4.78, 5) is 29.5. The first kappa shape index (κ1) is 27.3. The van der Waals surface area contributed by atoms with E-state index in [1.165, 1.54) is 6.42 Å². The zero-order valence-electron chi connectivity index (χ0n) is 23.1. The maximum absolute atomic E-state index is 14.4. The lowest BCUT2D eigenvalue weighted by molar-refractivity contribution is -0.158. The average Bonchev–Trinajstić information content (AvgIpc) is 3.43. The summed E-state index contributed by atoms with van der Waals surface area (Å²) in [5, 5.41) is 8.42. The first-order valence-electron chi connectivity index (χ1n) is 14.3. The number of aryl methyl sites for hydroxylation is 1. The molecule has 2 fully saturated rings. The van der Waals surface area contributed by atoms with Gasteiger partial charge in [-0.05, 0) is 68.6 Å². The average molecular weight is 541 g/mol. The Labute approximate surface area is 229 Å². The molecule has 3 aliphatic heterocycles. The summed E-state index contributed by atoms with van der Waals surface area (Å²) >= 11 is 0. The quantitative estimate of drug-likeness (QED) is 0.540. The minimum Gasteiger partial charge on any atom is -0.493 e. The summed E-state index contributed by atoms with van der Waals surface area (Å²) in [5.74, 6) is 0.999. The van der Waals surface area contributed by atoms with Crippen LogP contribution in [0.5, 0.6) is 17.2 Å². The van der Waals surface area contributed by atoms with Crippen LogP contribution in [0.25, 0.3) is 0 Å². The third kappa shape index (κ3) is 6.15. The molecule has 1 aliphatic carbocycles. The van der Waals surface area contributed by atoms with Crippen molar-refractivity contribution in [3.63, 3.8) is 0 Å². The van der Waals surface area contributed by atoms with Gasteiger partial charge in [-0.25, -0.2) is 9.48 Å². The molecule has 0 unspecified atom stereocenters. The highest BCUT2D eigenvalue weighted by atomic mass is 16.5. The lowest BCUT2D eigenvalue weighted by Gasteiger charge is -2.39. The van der Waals surface area contributed by atoms with E-state index in [2.05, 4.69) is 10.3 Å². The number of aromatic nitrogens is 3. The van der Waals surface area contributed by atoms with Gasteiger partial charge in [-0.15, -0.1) is 5.10 Å². The standard InChI is InChI=1S/C29H40N4O6/c1-36-24-17-21-18-25(37-2)27(24)38-16-14-32-19-22(30-31-32)11-8-15-39-29(35)23-12-6-7-13-33(23)28(34)26(21)20-9-4-3-5-10-20/h17-20,23,26H,3-16H2,1-2H3/t23-,26-/m0/s1. The fourth-order valence-electron chi connectivity index (χ4n) is 6.25. The van der Waals surface area contributed by atoms with Crippen LogP contribution >= 0.6 is 0 Å². The minimum absolute atomic E-state index is 0.00471. The Bertz CT molecular complexity index is 1120. The number of rotatable bonds is 3. The molecule has 1 amide bonds. The molecule has 1 saturated carbocycles. The summed E-state index contributed by atoms with van der Waals surface area (Å²) in [7, 11) is 3.19. The molecule has 0 N–H and O–H groups in total. The molecule has 39 heavy (non-hydrogen) atoms. The highest BCUT2D eigenvalue weighted by molar-refractivity contribution is 5.89. The van der Waals surface area contributed by atoms with Gasteiger partial charge in [0.25, 0.3) is 0 Å². The Morgan fingerprint density at radius 3 is 2.36 bits per heavy atom. The van der Waals surface area contributed by atoms with Gasteiger partial charge in [0.1, 0.15) is 12.6 Å². The molecule has 6 rings (SSSR count). The van der Waals surface area contributed by atoms with Crippen LogP contribution in [-0.2, 0) is 27.3 Å². The van der Waals surface area contributed by atoms with E-state index in [-0.39, 0.29) is 24.4 Å². The second-order valence-electron chi connectivity index (χ2n) is 10.8. The molecule has 0 spiro atoms. The molecule has 10 nitrogen and oxygen atoms in total. The van der Waals surface area contributed by atoms with E-state index in [9.17, 15) is 9.59 Å². The van der Waals surface area contributed by atoms with E-state index in [4.69, 9.17) is 18.9 Å². The van der Waals surface area contributed by atoms with E-state index >= 15 is 0 Å². The number of piperidine rings is 1. The molecule has 2 aromatic rings. The number of methoxy groups -OCH3 is 2. The van der Waals surface area contributed by atoms with Crippen molar-refractivity contribution in [3.05, 3.63) is 29.6 Å². The van der Waals surface area contributed by atoms with Crippen molar-refractivity contribution in [2.75, 3.05) is 34.0 Å². The van der Waals surface area contributed by atoms with Crippen molar-refractivity contribution in [2.24, 2.45) is 5.92 Å². The largest absolute Gasteiger partial charge is 0.493 e. The van der Waals surface area contributed by atoms with Crippen molar-refractivity contribution >= 4 is 11.9 Å². The molecule has 4 aliphatic rings. The number of esters is 1. The minimum atomic E-state index is -0.563. The van der Waals surface area contributed by atoms with Gasteiger partial charge in [0.2, 0.25) is 11.7 Å². The molecule has 1 saturated heterocycles. The van der Waals surface area contributed by atoms with E-state index in [0.29, 0.717) is 56.2 Å². The smallest absolute Gasteiger partial charge is 0.328 e. The predicted molar refractivity (Wildman–Crippen MR) is 143 cm³/mol. The van der Waals surface area contributed by atoms with E-state index in [0.717, 1.165) is 49.8 Å². The summed E-state index contributed by atoms with van der Waals surface area (Å²) in [6, 6.07) is 3.26. The van der Waals surface area contributed by atoms with Gasteiger partial charge in [-0.1, -0.05) is 24.5 Å². The molecule has 0 radical (unpaired) electrons. The van der Waals surface area contributed by atoms with E-state index in [1.807, 2.05) is 18.3 Å². The summed E-state index contributed by atoms with van der Waals surface area (Å²) < 4.78 is 25.1. The molecule has 212 valence electrons. The van der Waals surface area contributed by atoms with E-state index < -0.39 is 12.0 Å². The maximum atomic E-state index is 14.4. The lowest BCUT2D eigenvalue weighted by atomic mass is 9.75. The van der Waals surface area contributed by atoms with Crippen molar-refractivity contribution in [2.45, 2.75) is 82.7 Å². The van der Waals surface area contributed by atoms with Crippen molar-refractivity contribution < 1.29 is 28.5 Å². The fraction of sp³-hybridized carbons (Fsp3) is 0.655. The Morgan fingerprint density at radius 1 is 0.872 bits per heavy atom. The lowest BCUT2D eigenvalue weighted by Crippen LogP contribution is -2.51. The van der Waals surface area contributed by atoms with Gasteiger partial charge in [-0.3, -0.25) is 4.79 Å². The second kappa shape index (κ2) is 12.7. The molecule has 10 heteroatoms.